The molecule has 0 aromatic heterocycles. The van der Waals surface area contributed by atoms with Gasteiger partial charge in [0.25, 0.3) is 0 Å². The molecular formula is C19H12FI3. The van der Waals surface area contributed by atoms with Gasteiger partial charge in [-0.3, -0.25) is 0 Å². The Labute approximate surface area is 176 Å². The van der Waals surface area contributed by atoms with Crippen LogP contribution in [0.15, 0.2) is 54.6 Å². The van der Waals surface area contributed by atoms with Crippen molar-refractivity contribution in [2.24, 2.45) is 0 Å². The maximum absolute atomic E-state index is 13.3. The first-order chi connectivity index (χ1) is 11.0. The summed E-state index contributed by atoms with van der Waals surface area (Å²) in [6.45, 7) is 2.10. The molecule has 0 amide bonds. The Hall–Kier alpha value is -0.220. The number of hydrogen-bond acceptors (Lipinski definition) is 0. The lowest BCUT2D eigenvalue weighted by atomic mass is 10.00. The van der Waals surface area contributed by atoms with Gasteiger partial charge in [-0.25, -0.2) is 4.39 Å². The second-order valence-corrected chi connectivity index (χ2v) is 8.79. The lowest BCUT2D eigenvalue weighted by Gasteiger charge is -2.13. The summed E-state index contributed by atoms with van der Waals surface area (Å²) < 4.78 is 16.7. The van der Waals surface area contributed by atoms with E-state index < -0.39 is 0 Å². The van der Waals surface area contributed by atoms with E-state index in [1.165, 1.54) is 29.9 Å². The molecule has 0 aliphatic carbocycles. The average molecular weight is 640 g/mol. The molecule has 3 aromatic carbocycles. The van der Waals surface area contributed by atoms with E-state index in [9.17, 15) is 4.39 Å². The monoisotopic (exact) mass is 640 g/mol. The third-order valence-corrected chi connectivity index (χ3v) is 6.22. The predicted molar refractivity (Wildman–Crippen MR) is 120 cm³/mol. The first kappa shape index (κ1) is 17.6. The van der Waals surface area contributed by atoms with E-state index in [1.54, 1.807) is 6.07 Å². The molecule has 0 aliphatic heterocycles. The van der Waals surface area contributed by atoms with E-state index in [2.05, 4.69) is 111 Å². The van der Waals surface area contributed by atoms with Crippen molar-refractivity contribution in [1.29, 1.82) is 0 Å². The van der Waals surface area contributed by atoms with Crippen LogP contribution in [0, 0.1) is 23.5 Å². The van der Waals surface area contributed by atoms with E-state index in [4.69, 9.17) is 0 Å². The largest absolute Gasteiger partial charge is 0.207 e. The second-order valence-electron chi connectivity index (χ2n) is 5.31. The number of halogens is 4. The summed E-state index contributed by atoms with van der Waals surface area (Å²) in [7, 11) is 0. The minimum atomic E-state index is -0.196. The third-order valence-electron chi connectivity index (χ3n) is 3.62. The molecular weight excluding hydrogens is 628 g/mol. The molecule has 3 rings (SSSR count). The highest BCUT2D eigenvalue weighted by molar-refractivity contribution is 14.1. The van der Waals surface area contributed by atoms with Crippen LogP contribution in [-0.2, 0) is 0 Å². The van der Waals surface area contributed by atoms with Crippen molar-refractivity contribution in [3.05, 3.63) is 76.7 Å². The molecule has 0 aliphatic rings. The van der Waals surface area contributed by atoms with Gasteiger partial charge in [0.05, 0.1) is 0 Å². The summed E-state index contributed by atoms with van der Waals surface area (Å²) in [5.74, 6) is -0.196. The van der Waals surface area contributed by atoms with Crippen molar-refractivity contribution in [2.75, 3.05) is 0 Å². The van der Waals surface area contributed by atoms with E-state index in [-0.39, 0.29) is 5.82 Å². The Morgan fingerprint density at radius 1 is 0.696 bits per heavy atom. The maximum Gasteiger partial charge on any atom is 0.124 e. The summed E-state index contributed by atoms with van der Waals surface area (Å²) in [5, 5.41) is 0. The van der Waals surface area contributed by atoms with Gasteiger partial charge in [0.2, 0.25) is 0 Å². The van der Waals surface area contributed by atoms with Crippen molar-refractivity contribution in [2.45, 2.75) is 6.92 Å². The zero-order valence-corrected chi connectivity index (χ0v) is 18.7. The SMILES string of the molecule is Cc1ccc(-c2c(I)cc(-c3ccc(F)cc3I)cc2I)cc1. The number of benzene rings is 3. The average Bonchev–Trinajstić information content (AvgIpc) is 2.48. The van der Waals surface area contributed by atoms with Crippen LogP contribution in [0.25, 0.3) is 22.3 Å². The fraction of sp³-hybridized carbons (Fsp3) is 0.0526. The molecule has 0 fully saturated rings. The van der Waals surface area contributed by atoms with Crippen LogP contribution in [0.2, 0.25) is 0 Å². The van der Waals surface area contributed by atoms with Gasteiger partial charge in [0, 0.05) is 16.3 Å². The van der Waals surface area contributed by atoms with Crippen molar-refractivity contribution in [3.63, 3.8) is 0 Å². The molecule has 0 saturated heterocycles. The molecule has 3 aromatic rings. The summed E-state index contributed by atoms with van der Waals surface area (Å²) in [5.41, 5.74) is 5.94. The van der Waals surface area contributed by atoms with Gasteiger partial charge in [-0.05, 0) is 116 Å². The molecule has 0 spiro atoms. The maximum atomic E-state index is 13.3. The first-order valence-electron chi connectivity index (χ1n) is 6.97. The molecule has 0 bridgehead atoms. The van der Waals surface area contributed by atoms with Crippen molar-refractivity contribution < 1.29 is 4.39 Å². The Morgan fingerprint density at radius 3 is 1.87 bits per heavy atom. The van der Waals surface area contributed by atoms with E-state index >= 15 is 0 Å². The van der Waals surface area contributed by atoms with E-state index in [0.29, 0.717) is 0 Å². The number of hydrogen-bond donors (Lipinski definition) is 0. The number of rotatable bonds is 2. The Balaban J connectivity index is 2.12. The van der Waals surface area contributed by atoms with Gasteiger partial charge >= 0.3 is 0 Å². The van der Waals surface area contributed by atoms with Gasteiger partial charge in [-0.2, -0.15) is 0 Å². The van der Waals surface area contributed by atoms with Crippen LogP contribution in [0.3, 0.4) is 0 Å². The van der Waals surface area contributed by atoms with Crippen molar-refractivity contribution >= 4 is 67.8 Å². The highest BCUT2D eigenvalue weighted by Crippen LogP contribution is 2.36. The molecule has 23 heavy (non-hydrogen) atoms. The Kier molecular flexibility index (Phi) is 5.62. The van der Waals surface area contributed by atoms with E-state index in [0.717, 1.165) is 14.7 Å². The summed E-state index contributed by atoms with van der Waals surface area (Å²) in [4.78, 5) is 0. The van der Waals surface area contributed by atoms with E-state index in [1.807, 2.05) is 6.07 Å². The van der Waals surface area contributed by atoms with Crippen molar-refractivity contribution in [1.82, 2.24) is 0 Å². The minimum absolute atomic E-state index is 0.196. The molecule has 0 unspecified atom stereocenters. The molecule has 116 valence electrons. The summed E-state index contributed by atoms with van der Waals surface area (Å²) >= 11 is 6.97. The zero-order chi connectivity index (χ0) is 16.6. The molecule has 4 heteroatoms. The zero-order valence-electron chi connectivity index (χ0n) is 12.2. The van der Waals surface area contributed by atoms with Crippen molar-refractivity contribution in [3.8, 4) is 22.3 Å². The first-order valence-corrected chi connectivity index (χ1v) is 10.2. The third kappa shape index (κ3) is 3.89. The molecule has 0 radical (unpaired) electrons. The molecule has 0 heterocycles. The van der Waals surface area contributed by atoms with Gasteiger partial charge in [0.1, 0.15) is 5.82 Å². The quantitative estimate of drug-likeness (QED) is 0.259. The highest BCUT2D eigenvalue weighted by atomic mass is 127. The topological polar surface area (TPSA) is 0 Å². The second kappa shape index (κ2) is 7.35. The van der Waals surface area contributed by atoms with Gasteiger partial charge < -0.3 is 0 Å². The van der Waals surface area contributed by atoms with Gasteiger partial charge in [-0.15, -0.1) is 0 Å². The van der Waals surface area contributed by atoms with Crippen LogP contribution >= 0.6 is 67.8 Å². The summed E-state index contributed by atoms with van der Waals surface area (Å²) in [6.07, 6.45) is 0. The highest BCUT2D eigenvalue weighted by Gasteiger charge is 2.12. The van der Waals surface area contributed by atoms with Crippen LogP contribution in [0.4, 0.5) is 4.39 Å². The molecule has 0 nitrogen and oxygen atoms in total. The fourth-order valence-electron chi connectivity index (χ4n) is 2.45. The minimum Gasteiger partial charge on any atom is -0.207 e. The Bertz CT molecular complexity index is 847. The fourth-order valence-corrected chi connectivity index (χ4v) is 5.63. The Morgan fingerprint density at radius 2 is 1.30 bits per heavy atom. The lowest BCUT2D eigenvalue weighted by molar-refractivity contribution is 0.627. The van der Waals surface area contributed by atoms with Crippen LogP contribution in [-0.4, -0.2) is 0 Å². The number of aryl methyl sites for hydroxylation is 1. The standard InChI is InChI=1S/C19H12FI3/c1-11-2-4-12(5-3-11)19-17(22)8-13(9-18(19)23)15-7-6-14(20)10-16(15)21/h2-10H,1H3. The molecule has 0 saturated carbocycles. The van der Waals surface area contributed by atoms with Gasteiger partial charge in [-0.1, -0.05) is 35.9 Å². The molecule has 0 atom stereocenters. The van der Waals surface area contributed by atoms with Gasteiger partial charge in [0.15, 0.2) is 0 Å². The van der Waals surface area contributed by atoms with Crippen LogP contribution in [0.1, 0.15) is 5.56 Å². The predicted octanol–water partition coefficient (Wildman–Crippen LogP) is 7.28. The lowest BCUT2D eigenvalue weighted by Crippen LogP contribution is -1.92. The van der Waals surface area contributed by atoms with Crippen LogP contribution in [0.5, 0.6) is 0 Å². The molecule has 0 N–H and O–H groups in total. The summed E-state index contributed by atoms with van der Waals surface area (Å²) in [6, 6.07) is 17.9. The smallest absolute Gasteiger partial charge is 0.124 e. The normalized spacial score (nSPS) is 10.8. The van der Waals surface area contributed by atoms with Crippen LogP contribution < -0.4 is 0 Å².